The van der Waals surface area contributed by atoms with Crippen LogP contribution >= 0.6 is 23.2 Å². The Bertz CT molecular complexity index is 581. The van der Waals surface area contributed by atoms with Crippen LogP contribution in [0.5, 0.6) is 0 Å². The Balaban J connectivity index is 2.22. The van der Waals surface area contributed by atoms with Gasteiger partial charge in [-0.1, -0.05) is 60.6 Å². The normalized spacial score (nSPS) is 10.9. The van der Waals surface area contributed by atoms with Crippen molar-refractivity contribution in [2.75, 3.05) is 5.73 Å². The predicted molar refractivity (Wildman–Crippen MR) is 84.2 cm³/mol. The van der Waals surface area contributed by atoms with E-state index in [1.165, 1.54) is 19.3 Å². The lowest BCUT2D eigenvalue weighted by molar-refractivity contribution is 0.382. The quantitative estimate of drug-likeness (QED) is 0.731. The largest absolute Gasteiger partial charge is 0.380 e. The summed E-state index contributed by atoms with van der Waals surface area (Å²) in [6.07, 6.45) is 5.51. The van der Waals surface area contributed by atoms with Gasteiger partial charge in [-0.15, -0.1) is 0 Å². The van der Waals surface area contributed by atoms with Crippen LogP contribution in [0.15, 0.2) is 22.7 Å². The number of rotatable bonds is 6. The summed E-state index contributed by atoms with van der Waals surface area (Å²) in [5, 5.41) is 4.90. The zero-order valence-corrected chi connectivity index (χ0v) is 13.0. The second kappa shape index (κ2) is 7.00. The number of unbranched alkanes of at least 4 members (excludes halogenated alkanes) is 3. The second-order valence-electron chi connectivity index (χ2n) is 4.81. The Kier molecular flexibility index (Phi) is 5.32. The van der Waals surface area contributed by atoms with Crippen molar-refractivity contribution in [2.24, 2.45) is 0 Å². The minimum atomic E-state index is 0.397. The van der Waals surface area contributed by atoms with Crippen LogP contribution < -0.4 is 5.73 Å². The summed E-state index contributed by atoms with van der Waals surface area (Å²) in [7, 11) is 0. The van der Waals surface area contributed by atoms with E-state index in [9.17, 15) is 0 Å². The van der Waals surface area contributed by atoms with E-state index < -0.39 is 0 Å². The molecule has 108 valence electrons. The van der Waals surface area contributed by atoms with Crippen molar-refractivity contribution in [3.63, 3.8) is 0 Å². The molecule has 0 aliphatic heterocycles. The van der Waals surface area contributed by atoms with Crippen LogP contribution in [0.4, 0.5) is 5.82 Å². The average Bonchev–Trinajstić information content (AvgIpc) is 2.79. The number of aromatic nitrogens is 1. The molecule has 2 aromatic rings. The van der Waals surface area contributed by atoms with Crippen molar-refractivity contribution in [3.8, 4) is 11.1 Å². The molecule has 0 saturated carbocycles. The van der Waals surface area contributed by atoms with Crippen LogP contribution in [-0.4, -0.2) is 5.16 Å². The van der Waals surface area contributed by atoms with Crippen LogP contribution in [0.25, 0.3) is 11.1 Å². The summed E-state index contributed by atoms with van der Waals surface area (Å²) in [6.45, 7) is 2.19. The minimum absolute atomic E-state index is 0.397. The summed E-state index contributed by atoms with van der Waals surface area (Å²) in [4.78, 5) is 0. The van der Waals surface area contributed by atoms with Gasteiger partial charge in [-0.2, -0.15) is 0 Å². The number of nitrogens with zero attached hydrogens (tertiary/aromatic N) is 1. The molecular weight excluding hydrogens is 295 g/mol. The molecule has 3 nitrogen and oxygen atoms in total. The van der Waals surface area contributed by atoms with Crippen molar-refractivity contribution in [1.29, 1.82) is 0 Å². The number of halogens is 2. The zero-order valence-electron chi connectivity index (χ0n) is 11.5. The molecular formula is C15H18Cl2N2O. The van der Waals surface area contributed by atoms with Gasteiger partial charge in [0.2, 0.25) is 0 Å². The van der Waals surface area contributed by atoms with Gasteiger partial charge in [-0.3, -0.25) is 0 Å². The Morgan fingerprint density at radius 3 is 2.65 bits per heavy atom. The Morgan fingerprint density at radius 1 is 1.15 bits per heavy atom. The molecule has 0 aliphatic rings. The van der Waals surface area contributed by atoms with Crippen LogP contribution in [-0.2, 0) is 6.42 Å². The highest BCUT2D eigenvalue weighted by atomic mass is 35.5. The van der Waals surface area contributed by atoms with E-state index in [4.69, 9.17) is 33.5 Å². The van der Waals surface area contributed by atoms with Crippen molar-refractivity contribution in [2.45, 2.75) is 39.0 Å². The first-order valence-corrected chi connectivity index (χ1v) is 7.58. The maximum absolute atomic E-state index is 6.06. The van der Waals surface area contributed by atoms with E-state index in [2.05, 4.69) is 12.1 Å². The van der Waals surface area contributed by atoms with E-state index in [1.807, 2.05) is 6.07 Å². The first-order valence-electron chi connectivity index (χ1n) is 6.83. The summed E-state index contributed by atoms with van der Waals surface area (Å²) in [5.74, 6) is 1.21. The van der Waals surface area contributed by atoms with Crippen LogP contribution in [0.1, 0.15) is 38.4 Å². The summed E-state index contributed by atoms with van der Waals surface area (Å²) < 4.78 is 5.35. The average molecular weight is 313 g/mol. The first kappa shape index (κ1) is 15.2. The van der Waals surface area contributed by atoms with Gasteiger partial charge >= 0.3 is 0 Å². The molecule has 0 aliphatic carbocycles. The van der Waals surface area contributed by atoms with E-state index in [0.29, 0.717) is 15.9 Å². The lowest BCUT2D eigenvalue weighted by Crippen LogP contribution is -1.91. The Morgan fingerprint density at radius 2 is 1.95 bits per heavy atom. The van der Waals surface area contributed by atoms with Gasteiger partial charge in [0.15, 0.2) is 5.82 Å². The smallest absolute Gasteiger partial charge is 0.175 e. The molecule has 2 N–H and O–H groups in total. The fourth-order valence-corrected chi connectivity index (χ4v) is 2.48. The van der Waals surface area contributed by atoms with Gasteiger partial charge in [-0.25, -0.2) is 0 Å². The summed E-state index contributed by atoms with van der Waals surface area (Å²) in [5.41, 5.74) is 7.64. The molecule has 0 spiro atoms. The molecule has 5 heteroatoms. The van der Waals surface area contributed by atoms with E-state index in [1.54, 1.807) is 12.1 Å². The van der Waals surface area contributed by atoms with Gasteiger partial charge in [0.25, 0.3) is 0 Å². The lowest BCUT2D eigenvalue weighted by Gasteiger charge is -2.04. The molecule has 0 radical (unpaired) electrons. The number of hydrogen-bond donors (Lipinski definition) is 1. The van der Waals surface area contributed by atoms with Gasteiger partial charge < -0.3 is 10.3 Å². The van der Waals surface area contributed by atoms with Crippen molar-refractivity contribution >= 4 is 29.0 Å². The number of anilines is 1. The molecule has 1 aromatic heterocycles. The third-order valence-corrected chi connectivity index (χ3v) is 3.99. The zero-order chi connectivity index (χ0) is 14.5. The standard InChI is InChI=1S/C15H18Cl2N2O/c1-2-3-4-5-6-13-14(15(18)19-20-13)10-7-8-11(16)12(17)9-10/h7-9H,2-6H2,1H3,(H2,18,19). The fourth-order valence-electron chi connectivity index (χ4n) is 2.18. The minimum Gasteiger partial charge on any atom is -0.380 e. The van der Waals surface area contributed by atoms with Gasteiger partial charge in [0, 0.05) is 6.42 Å². The maximum Gasteiger partial charge on any atom is 0.175 e. The predicted octanol–water partition coefficient (Wildman–Crippen LogP) is 5.35. The number of nitrogen functional groups attached to an aromatic ring is 1. The topological polar surface area (TPSA) is 52.0 Å². The van der Waals surface area contributed by atoms with Gasteiger partial charge in [0.05, 0.1) is 15.6 Å². The number of hydrogen-bond acceptors (Lipinski definition) is 3. The maximum atomic E-state index is 6.06. The molecule has 0 bridgehead atoms. The fraction of sp³-hybridized carbons (Fsp3) is 0.400. The van der Waals surface area contributed by atoms with Crippen LogP contribution in [0.3, 0.4) is 0 Å². The van der Waals surface area contributed by atoms with Crippen molar-refractivity contribution < 1.29 is 4.52 Å². The molecule has 0 atom stereocenters. The molecule has 0 fully saturated rings. The molecule has 2 rings (SSSR count). The summed E-state index contributed by atoms with van der Waals surface area (Å²) in [6, 6.07) is 5.43. The van der Waals surface area contributed by atoms with E-state index >= 15 is 0 Å². The van der Waals surface area contributed by atoms with Crippen molar-refractivity contribution in [3.05, 3.63) is 34.0 Å². The highest BCUT2D eigenvalue weighted by Gasteiger charge is 2.16. The molecule has 0 saturated heterocycles. The molecule has 20 heavy (non-hydrogen) atoms. The third-order valence-electron chi connectivity index (χ3n) is 3.25. The highest BCUT2D eigenvalue weighted by molar-refractivity contribution is 6.42. The molecule has 0 unspecified atom stereocenters. The van der Waals surface area contributed by atoms with Crippen LogP contribution in [0.2, 0.25) is 10.0 Å². The second-order valence-corrected chi connectivity index (χ2v) is 5.62. The van der Waals surface area contributed by atoms with E-state index in [0.717, 1.165) is 29.7 Å². The summed E-state index contributed by atoms with van der Waals surface area (Å²) >= 11 is 12.0. The Labute approximate surface area is 129 Å². The van der Waals surface area contributed by atoms with Crippen molar-refractivity contribution in [1.82, 2.24) is 5.16 Å². The lowest BCUT2D eigenvalue weighted by atomic mass is 10.0. The highest BCUT2D eigenvalue weighted by Crippen LogP contribution is 2.34. The Hall–Kier alpha value is -1.19. The number of benzene rings is 1. The van der Waals surface area contributed by atoms with E-state index in [-0.39, 0.29) is 0 Å². The van der Waals surface area contributed by atoms with Crippen LogP contribution in [0, 0.1) is 0 Å². The number of aryl methyl sites for hydroxylation is 1. The molecule has 1 aromatic carbocycles. The third kappa shape index (κ3) is 3.47. The van der Waals surface area contributed by atoms with Gasteiger partial charge in [-0.05, 0) is 24.1 Å². The molecule has 0 amide bonds. The first-order chi connectivity index (χ1) is 9.63. The monoisotopic (exact) mass is 312 g/mol. The SMILES string of the molecule is CCCCCCc1onc(N)c1-c1ccc(Cl)c(Cl)c1. The molecule has 1 heterocycles. The van der Waals surface area contributed by atoms with Gasteiger partial charge in [0.1, 0.15) is 5.76 Å². The number of nitrogens with two attached hydrogens (primary N) is 1.